The maximum atomic E-state index is 11.8. The standard InChI is InChI=1S/C11H17N3O6/c1-20-9(16)3-2-6(11(18)19)14-10(17)7-4-13-8(15)5-12-7/h6-7,12H,2-5H2,1H3,(H,13,15)(H,14,17)(H,18,19). The van der Waals surface area contributed by atoms with Crippen molar-refractivity contribution in [1.82, 2.24) is 16.0 Å². The number of carbonyl (C=O) groups is 4. The molecule has 0 aliphatic carbocycles. The second kappa shape index (κ2) is 7.43. The molecule has 1 saturated heterocycles. The highest BCUT2D eigenvalue weighted by Crippen LogP contribution is 2.01. The molecule has 2 unspecified atom stereocenters. The van der Waals surface area contributed by atoms with Gasteiger partial charge >= 0.3 is 11.9 Å². The first kappa shape index (κ1) is 15.9. The Bertz CT molecular complexity index is 401. The van der Waals surface area contributed by atoms with E-state index in [1.54, 1.807) is 0 Å². The number of carbonyl (C=O) groups excluding carboxylic acids is 3. The van der Waals surface area contributed by atoms with Gasteiger partial charge in [-0.05, 0) is 6.42 Å². The summed E-state index contributed by atoms with van der Waals surface area (Å²) in [6.07, 6.45) is -0.171. The summed E-state index contributed by atoms with van der Waals surface area (Å²) in [5.41, 5.74) is 0. The Morgan fingerprint density at radius 2 is 2.20 bits per heavy atom. The summed E-state index contributed by atoms with van der Waals surface area (Å²) < 4.78 is 4.41. The van der Waals surface area contributed by atoms with Crippen LogP contribution < -0.4 is 16.0 Å². The number of ether oxygens (including phenoxy) is 1. The lowest BCUT2D eigenvalue weighted by Gasteiger charge is -2.24. The van der Waals surface area contributed by atoms with E-state index in [2.05, 4.69) is 20.7 Å². The smallest absolute Gasteiger partial charge is 0.326 e. The molecule has 0 aromatic heterocycles. The zero-order chi connectivity index (χ0) is 15.1. The average molecular weight is 287 g/mol. The second-order valence-electron chi connectivity index (χ2n) is 4.25. The number of carboxylic acid groups (broad SMARTS) is 1. The van der Waals surface area contributed by atoms with E-state index in [0.717, 1.165) is 0 Å². The van der Waals surface area contributed by atoms with Gasteiger partial charge in [-0.2, -0.15) is 0 Å². The predicted octanol–water partition coefficient (Wildman–Crippen LogP) is -2.40. The number of nitrogens with one attached hydrogen (secondary N) is 3. The van der Waals surface area contributed by atoms with Crippen molar-refractivity contribution >= 4 is 23.8 Å². The van der Waals surface area contributed by atoms with Crippen molar-refractivity contribution in [3.63, 3.8) is 0 Å². The average Bonchev–Trinajstić information content (AvgIpc) is 2.43. The SMILES string of the molecule is COC(=O)CCC(NC(=O)C1CNC(=O)CN1)C(=O)O. The van der Waals surface area contributed by atoms with Crippen LogP contribution >= 0.6 is 0 Å². The lowest BCUT2D eigenvalue weighted by Crippen LogP contribution is -2.59. The van der Waals surface area contributed by atoms with Crippen LogP contribution in [0.2, 0.25) is 0 Å². The Morgan fingerprint density at radius 1 is 1.50 bits per heavy atom. The summed E-state index contributed by atoms with van der Waals surface area (Å²) in [6, 6.07) is -1.87. The summed E-state index contributed by atoms with van der Waals surface area (Å²) in [7, 11) is 1.20. The van der Waals surface area contributed by atoms with Crippen molar-refractivity contribution in [2.45, 2.75) is 24.9 Å². The minimum Gasteiger partial charge on any atom is -0.480 e. The van der Waals surface area contributed by atoms with Crippen molar-refractivity contribution in [2.24, 2.45) is 0 Å². The van der Waals surface area contributed by atoms with Gasteiger partial charge in [0.15, 0.2) is 0 Å². The highest BCUT2D eigenvalue weighted by atomic mass is 16.5. The van der Waals surface area contributed by atoms with Gasteiger partial charge in [0.05, 0.1) is 13.7 Å². The molecule has 1 aliphatic heterocycles. The number of amides is 2. The van der Waals surface area contributed by atoms with Crippen LogP contribution in [0.1, 0.15) is 12.8 Å². The Labute approximate surface area is 115 Å². The molecule has 9 heteroatoms. The highest BCUT2D eigenvalue weighted by molar-refractivity contribution is 5.89. The summed E-state index contributed by atoms with van der Waals surface area (Å²) in [4.78, 5) is 44.7. The molecule has 9 nitrogen and oxygen atoms in total. The van der Waals surface area contributed by atoms with Crippen LogP contribution in [0.15, 0.2) is 0 Å². The third-order valence-electron chi connectivity index (χ3n) is 2.81. The summed E-state index contributed by atoms with van der Waals surface area (Å²) in [6.45, 7) is 0.0893. The third-order valence-corrected chi connectivity index (χ3v) is 2.81. The number of methoxy groups -OCH3 is 1. The van der Waals surface area contributed by atoms with Crippen LogP contribution in [-0.2, 0) is 23.9 Å². The van der Waals surface area contributed by atoms with Gasteiger partial charge in [0.2, 0.25) is 11.8 Å². The molecule has 20 heavy (non-hydrogen) atoms. The van der Waals surface area contributed by atoms with Gasteiger partial charge in [-0.15, -0.1) is 0 Å². The number of rotatable bonds is 6. The largest absolute Gasteiger partial charge is 0.480 e. The lowest BCUT2D eigenvalue weighted by atomic mass is 10.1. The van der Waals surface area contributed by atoms with E-state index in [1.165, 1.54) is 7.11 Å². The van der Waals surface area contributed by atoms with Gasteiger partial charge in [0.1, 0.15) is 12.1 Å². The molecule has 0 spiro atoms. The molecule has 1 heterocycles. The maximum absolute atomic E-state index is 11.8. The molecular formula is C11H17N3O6. The molecule has 0 radical (unpaired) electrons. The van der Waals surface area contributed by atoms with Gasteiger partial charge in [-0.3, -0.25) is 19.7 Å². The summed E-state index contributed by atoms with van der Waals surface area (Å²) >= 11 is 0. The van der Waals surface area contributed by atoms with Gasteiger partial charge in [-0.25, -0.2) is 4.79 Å². The molecule has 0 bridgehead atoms. The van der Waals surface area contributed by atoms with Crippen LogP contribution in [0.25, 0.3) is 0 Å². The van der Waals surface area contributed by atoms with Crippen LogP contribution in [0, 0.1) is 0 Å². The Balaban J connectivity index is 2.48. The Morgan fingerprint density at radius 3 is 2.70 bits per heavy atom. The molecule has 4 N–H and O–H groups in total. The normalized spacial score (nSPS) is 19.6. The van der Waals surface area contributed by atoms with Crippen molar-refractivity contribution in [1.29, 1.82) is 0 Å². The first-order valence-corrected chi connectivity index (χ1v) is 6.04. The number of piperazine rings is 1. The highest BCUT2D eigenvalue weighted by Gasteiger charge is 2.28. The van der Waals surface area contributed by atoms with Gasteiger partial charge in [-0.1, -0.05) is 0 Å². The number of carboxylic acids is 1. The van der Waals surface area contributed by atoms with Crippen molar-refractivity contribution in [2.75, 3.05) is 20.2 Å². The molecule has 0 aromatic rings. The number of esters is 1. The van der Waals surface area contributed by atoms with E-state index < -0.39 is 29.9 Å². The van der Waals surface area contributed by atoms with E-state index >= 15 is 0 Å². The monoisotopic (exact) mass is 287 g/mol. The van der Waals surface area contributed by atoms with E-state index in [9.17, 15) is 19.2 Å². The van der Waals surface area contributed by atoms with Gasteiger partial charge in [0.25, 0.3) is 0 Å². The van der Waals surface area contributed by atoms with E-state index in [-0.39, 0.29) is 31.8 Å². The topological polar surface area (TPSA) is 134 Å². The number of aliphatic carboxylic acids is 1. The minimum atomic E-state index is -1.23. The Hall–Kier alpha value is -2.16. The second-order valence-corrected chi connectivity index (χ2v) is 4.25. The van der Waals surface area contributed by atoms with Crippen LogP contribution in [-0.4, -0.2) is 61.1 Å². The molecule has 0 saturated carbocycles. The third kappa shape index (κ3) is 4.84. The fourth-order valence-corrected chi connectivity index (χ4v) is 1.65. The summed E-state index contributed by atoms with van der Waals surface area (Å²) in [5, 5.41) is 16.5. The lowest BCUT2D eigenvalue weighted by molar-refractivity contribution is -0.144. The zero-order valence-corrected chi connectivity index (χ0v) is 11.0. The quantitative estimate of drug-likeness (QED) is 0.400. The zero-order valence-electron chi connectivity index (χ0n) is 11.0. The molecule has 2 atom stereocenters. The van der Waals surface area contributed by atoms with Crippen LogP contribution in [0.5, 0.6) is 0 Å². The predicted molar refractivity (Wildman–Crippen MR) is 65.6 cm³/mol. The minimum absolute atomic E-state index is 0.00200. The molecule has 0 aromatic carbocycles. The molecule has 1 rings (SSSR count). The van der Waals surface area contributed by atoms with E-state index in [1.807, 2.05) is 0 Å². The van der Waals surface area contributed by atoms with Crippen LogP contribution in [0.3, 0.4) is 0 Å². The first-order valence-electron chi connectivity index (χ1n) is 6.04. The molecule has 112 valence electrons. The van der Waals surface area contributed by atoms with Gasteiger partial charge < -0.3 is 20.5 Å². The van der Waals surface area contributed by atoms with Crippen molar-refractivity contribution in [3.05, 3.63) is 0 Å². The summed E-state index contributed by atoms with van der Waals surface area (Å²) in [5.74, 6) is -2.55. The van der Waals surface area contributed by atoms with E-state index in [0.29, 0.717) is 0 Å². The number of hydrogen-bond donors (Lipinski definition) is 4. The molecule has 2 amide bonds. The van der Waals surface area contributed by atoms with Crippen molar-refractivity contribution in [3.8, 4) is 0 Å². The molecule has 1 aliphatic rings. The number of hydrogen-bond acceptors (Lipinski definition) is 6. The van der Waals surface area contributed by atoms with Gasteiger partial charge in [0, 0.05) is 13.0 Å². The van der Waals surface area contributed by atoms with E-state index in [4.69, 9.17) is 5.11 Å². The fourth-order valence-electron chi connectivity index (χ4n) is 1.65. The molecular weight excluding hydrogens is 270 g/mol. The van der Waals surface area contributed by atoms with Crippen LogP contribution in [0.4, 0.5) is 0 Å². The van der Waals surface area contributed by atoms with Crippen molar-refractivity contribution < 1.29 is 29.0 Å². The first-order chi connectivity index (χ1) is 9.43. The molecule has 1 fully saturated rings. The maximum Gasteiger partial charge on any atom is 0.326 e. The Kier molecular flexibility index (Phi) is 5.91. The fraction of sp³-hybridized carbons (Fsp3) is 0.636.